The SMILES string of the molecule is Cc1nc(CN2CCC(C(=O)NCC3(c4cccc(F)c4)CCOCC3)CC2)cs1. The number of thiazole rings is 1. The van der Waals surface area contributed by atoms with E-state index in [4.69, 9.17) is 4.74 Å². The highest BCUT2D eigenvalue weighted by molar-refractivity contribution is 7.09. The number of nitrogens with zero attached hydrogens (tertiary/aromatic N) is 2. The molecule has 0 atom stereocenters. The minimum Gasteiger partial charge on any atom is -0.381 e. The first-order chi connectivity index (χ1) is 14.5. The Hall–Kier alpha value is -1.83. The fraction of sp³-hybridized carbons (Fsp3) is 0.565. The van der Waals surface area contributed by atoms with Crippen molar-refractivity contribution >= 4 is 17.2 Å². The Bertz CT molecular complexity index is 858. The van der Waals surface area contributed by atoms with Gasteiger partial charge in [-0.15, -0.1) is 11.3 Å². The Balaban J connectivity index is 1.32. The summed E-state index contributed by atoms with van der Waals surface area (Å²) >= 11 is 1.68. The molecule has 5 nitrogen and oxygen atoms in total. The van der Waals surface area contributed by atoms with E-state index < -0.39 is 0 Å². The van der Waals surface area contributed by atoms with Gasteiger partial charge in [-0.3, -0.25) is 9.69 Å². The van der Waals surface area contributed by atoms with Crippen molar-refractivity contribution in [1.82, 2.24) is 15.2 Å². The third-order valence-electron chi connectivity index (χ3n) is 6.50. The van der Waals surface area contributed by atoms with E-state index >= 15 is 0 Å². The summed E-state index contributed by atoms with van der Waals surface area (Å²) in [6.45, 7) is 6.54. The van der Waals surface area contributed by atoms with Gasteiger partial charge < -0.3 is 10.1 Å². The van der Waals surface area contributed by atoms with E-state index in [0.29, 0.717) is 19.8 Å². The van der Waals surface area contributed by atoms with E-state index in [1.807, 2.05) is 13.0 Å². The van der Waals surface area contributed by atoms with Gasteiger partial charge in [0.2, 0.25) is 5.91 Å². The zero-order chi connectivity index (χ0) is 21.0. The van der Waals surface area contributed by atoms with Crippen LogP contribution in [0.3, 0.4) is 0 Å². The first-order valence-corrected chi connectivity index (χ1v) is 11.7. The lowest BCUT2D eigenvalue weighted by atomic mass is 9.74. The van der Waals surface area contributed by atoms with Crippen LogP contribution < -0.4 is 5.32 Å². The molecule has 7 heteroatoms. The molecule has 3 heterocycles. The van der Waals surface area contributed by atoms with E-state index in [2.05, 4.69) is 20.6 Å². The number of aromatic nitrogens is 1. The minimum atomic E-state index is -0.251. The van der Waals surface area contributed by atoms with Crippen LogP contribution in [-0.2, 0) is 21.5 Å². The summed E-state index contributed by atoms with van der Waals surface area (Å²) in [6, 6.07) is 6.80. The highest BCUT2D eigenvalue weighted by Gasteiger charge is 2.36. The number of carbonyl (C=O) groups excluding carboxylic acids is 1. The quantitative estimate of drug-likeness (QED) is 0.758. The summed E-state index contributed by atoms with van der Waals surface area (Å²) in [5, 5.41) is 6.42. The molecule has 0 bridgehead atoms. The van der Waals surface area contributed by atoms with Gasteiger partial charge in [0.1, 0.15) is 5.82 Å². The molecular formula is C23H30FN3O2S. The number of likely N-dealkylation sites (tertiary alicyclic amines) is 1. The van der Waals surface area contributed by atoms with Crippen molar-refractivity contribution in [2.45, 2.75) is 44.6 Å². The van der Waals surface area contributed by atoms with Crippen LogP contribution in [-0.4, -0.2) is 48.6 Å². The molecule has 1 aromatic carbocycles. The van der Waals surface area contributed by atoms with Crippen molar-refractivity contribution in [3.05, 3.63) is 51.7 Å². The fourth-order valence-corrected chi connectivity index (χ4v) is 5.22. The number of hydrogen-bond donors (Lipinski definition) is 1. The molecule has 2 aliphatic rings. The van der Waals surface area contributed by atoms with Gasteiger partial charge in [-0.2, -0.15) is 0 Å². The second-order valence-electron chi connectivity index (χ2n) is 8.53. The van der Waals surface area contributed by atoms with Crippen LogP contribution >= 0.6 is 11.3 Å². The lowest BCUT2D eigenvalue weighted by Crippen LogP contribution is -2.47. The van der Waals surface area contributed by atoms with E-state index in [0.717, 1.165) is 61.6 Å². The Morgan fingerprint density at radius 3 is 2.77 bits per heavy atom. The number of benzene rings is 1. The third kappa shape index (κ3) is 5.07. The monoisotopic (exact) mass is 431 g/mol. The minimum absolute atomic E-state index is 0.0443. The number of ether oxygens (including phenoxy) is 1. The average molecular weight is 432 g/mol. The summed E-state index contributed by atoms with van der Waals surface area (Å²) in [6.07, 6.45) is 3.32. The van der Waals surface area contributed by atoms with E-state index in [1.165, 1.54) is 6.07 Å². The zero-order valence-corrected chi connectivity index (χ0v) is 18.3. The van der Waals surface area contributed by atoms with Crippen LogP contribution in [0, 0.1) is 18.7 Å². The predicted molar refractivity (Wildman–Crippen MR) is 116 cm³/mol. The van der Waals surface area contributed by atoms with Gasteiger partial charge in [0.25, 0.3) is 0 Å². The summed E-state index contributed by atoms with van der Waals surface area (Å²) in [5.74, 6) is -0.0587. The number of amides is 1. The third-order valence-corrected chi connectivity index (χ3v) is 7.32. The molecule has 1 aromatic heterocycles. The Morgan fingerprint density at radius 1 is 1.33 bits per heavy atom. The van der Waals surface area contributed by atoms with Crippen LogP contribution in [0.25, 0.3) is 0 Å². The van der Waals surface area contributed by atoms with Gasteiger partial charge in [-0.1, -0.05) is 12.1 Å². The molecule has 30 heavy (non-hydrogen) atoms. The van der Waals surface area contributed by atoms with Crippen molar-refractivity contribution in [2.75, 3.05) is 32.8 Å². The summed E-state index contributed by atoms with van der Waals surface area (Å²) in [5.41, 5.74) is 1.83. The predicted octanol–water partition coefficient (Wildman–Crippen LogP) is 3.67. The maximum atomic E-state index is 13.8. The number of halogens is 1. The molecule has 0 radical (unpaired) electrons. The van der Waals surface area contributed by atoms with Gasteiger partial charge in [0, 0.05) is 43.0 Å². The van der Waals surface area contributed by atoms with Crippen molar-refractivity contribution in [3.8, 4) is 0 Å². The number of carbonyl (C=O) groups is 1. The lowest BCUT2D eigenvalue weighted by Gasteiger charge is -2.38. The van der Waals surface area contributed by atoms with Crippen LogP contribution in [0.15, 0.2) is 29.6 Å². The Kier molecular flexibility index (Phi) is 6.80. The number of nitrogens with one attached hydrogen (secondary N) is 1. The molecular weight excluding hydrogens is 401 g/mol. The van der Waals surface area contributed by atoms with Crippen molar-refractivity contribution < 1.29 is 13.9 Å². The Morgan fingerprint density at radius 2 is 2.10 bits per heavy atom. The van der Waals surface area contributed by atoms with Crippen LogP contribution in [0.2, 0.25) is 0 Å². The van der Waals surface area contributed by atoms with Gasteiger partial charge >= 0.3 is 0 Å². The summed E-state index contributed by atoms with van der Waals surface area (Å²) < 4.78 is 19.4. The lowest BCUT2D eigenvalue weighted by molar-refractivity contribution is -0.127. The topological polar surface area (TPSA) is 54.5 Å². The van der Waals surface area contributed by atoms with Gasteiger partial charge in [-0.25, -0.2) is 9.37 Å². The second-order valence-corrected chi connectivity index (χ2v) is 9.59. The van der Waals surface area contributed by atoms with Crippen molar-refractivity contribution in [1.29, 1.82) is 0 Å². The van der Waals surface area contributed by atoms with Crippen LogP contribution in [0.4, 0.5) is 4.39 Å². The molecule has 0 spiro atoms. The molecule has 0 saturated carbocycles. The smallest absolute Gasteiger partial charge is 0.223 e. The normalized spacial score (nSPS) is 20.2. The van der Waals surface area contributed by atoms with Crippen molar-refractivity contribution in [3.63, 3.8) is 0 Å². The van der Waals surface area contributed by atoms with Crippen LogP contribution in [0.5, 0.6) is 0 Å². The fourth-order valence-electron chi connectivity index (χ4n) is 4.61. The van der Waals surface area contributed by atoms with Gasteiger partial charge in [0.15, 0.2) is 0 Å². The number of aryl methyl sites for hydroxylation is 1. The first kappa shape index (κ1) is 21.4. The maximum Gasteiger partial charge on any atom is 0.223 e. The molecule has 1 amide bonds. The molecule has 162 valence electrons. The highest BCUT2D eigenvalue weighted by atomic mass is 32.1. The molecule has 2 saturated heterocycles. The maximum absolute atomic E-state index is 13.8. The number of hydrogen-bond acceptors (Lipinski definition) is 5. The molecule has 4 rings (SSSR count). The van der Waals surface area contributed by atoms with Gasteiger partial charge in [0.05, 0.1) is 10.7 Å². The zero-order valence-electron chi connectivity index (χ0n) is 17.5. The van der Waals surface area contributed by atoms with E-state index in [9.17, 15) is 9.18 Å². The van der Waals surface area contributed by atoms with E-state index in [1.54, 1.807) is 23.5 Å². The first-order valence-electron chi connectivity index (χ1n) is 10.8. The molecule has 2 aliphatic heterocycles. The second kappa shape index (κ2) is 9.54. The molecule has 0 aliphatic carbocycles. The molecule has 1 N–H and O–H groups in total. The van der Waals surface area contributed by atoms with Crippen LogP contribution in [0.1, 0.15) is 41.9 Å². The summed E-state index contributed by atoms with van der Waals surface area (Å²) in [4.78, 5) is 19.8. The largest absolute Gasteiger partial charge is 0.381 e. The van der Waals surface area contributed by atoms with Crippen molar-refractivity contribution in [2.24, 2.45) is 5.92 Å². The molecule has 2 fully saturated rings. The highest BCUT2D eigenvalue weighted by Crippen LogP contribution is 2.35. The Labute approximate surface area is 181 Å². The van der Waals surface area contributed by atoms with E-state index in [-0.39, 0.29) is 23.1 Å². The molecule has 0 unspecified atom stereocenters. The molecule has 2 aromatic rings. The number of rotatable bonds is 6. The average Bonchev–Trinajstić information content (AvgIpc) is 3.18. The van der Waals surface area contributed by atoms with Gasteiger partial charge in [-0.05, 0) is 63.4 Å². The number of piperidine rings is 1. The summed E-state index contributed by atoms with van der Waals surface area (Å²) in [7, 11) is 0. The standard InChI is InChI=1S/C23H30FN3O2S/c1-17-26-21(15-30-17)14-27-9-5-18(6-10-27)22(28)25-16-23(7-11-29-12-8-23)19-3-2-4-20(24)13-19/h2-4,13,15,18H,5-12,14,16H2,1H3,(H,25,28).